The molecule has 4 nitrogen and oxygen atoms in total. The number of rotatable bonds is 0. The third-order valence-corrected chi connectivity index (χ3v) is 1.31. The van der Waals surface area contributed by atoms with Crippen LogP contribution in [-0.4, -0.2) is 29.9 Å². The van der Waals surface area contributed by atoms with E-state index in [0.29, 0.717) is 18.9 Å². The van der Waals surface area contributed by atoms with Crippen LogP contribution in [0.5, 0.6) is 0 Å². The maximum absolute atomic E-state index is 8.29. The number of nitrogens with zero attached hydrogens (tertiary/aromatic N) is 1. The van der Waals surface area contributed by atoms with Gasteiger partial charge in [-0.05, 0) is 13.8 Å². The lowest BCUT2D eigenvalue weighted by atomic mass is 10.3. The average molecular weight is 145 g/mol. The molecule has 0 spiro atoms. The molecular formula is C6H11NO3. The Labute approximate surface area is 59.4 Å². The first-order valence-electron chi connectivity index (χ1n) is 3.12. The Bertz CT molecular complexity index is 141. The fourth-order valence-electron chi connectivity index (χ4n) is 0.655. The average Bonchev–Trinajstić information content (AvgIpc) is 1.88. The maximum Gasteiger partial charge on any atom is 0.163 e. The molecule has 1 N–H and O–H groups in total. The SMILES string of the molecule is CC1(C)OCC(=NO)CO1. The van der Waals surface area contributed by atoms with Crippen molar-refractivity contribution in [3.05, 3.63) is 0 Å². The van der Waals surface area contributed by atoms with E-state index in [1.54, 1.807) is 0 Å². The van der Waals surface area contributed by atoms with Crippen LogP contribution in [0.3, 0.4) is 0 Å². The van der Waals surface area contributed by atoms with Crippen molar-refractivity contribution < 1.29 is 14.7 Å². The predicted molar refractivity (Wildman–Crippen MR) is 35.2 cm³/mol. The van der Waals surface area contributed by atoms with Gasteiger partial charge in [-0.25, -0.2) is 0 Å². The third-order valence-electron chi connectivity index (χ3n) is 1.31. The zero-order chi connectivity index (χ0) is 7.61. The molecule has 10 heavy (non-hydrogen) atoms. The first-order valence-corrected chi connectivity index (χ1v) is 3.12. The van der Waals surface area contributed by atoms with Crippen molar-refractivity contribution >= 4 is 5.71 Å². The van der Waals surface area contributed by atoms with Crippen molar-refractivity contribution in [1.29, 1.82) is 0 Å². The van der Waals surface area contributed by atoms with Crippen LogP contribution in [-0.2, 0) is 9.47 Å². The molecule has 0 radical (unpaired) electrons. The lowest BCUT2D eigenvalue weighted by molar-refractivity contribution is -0.211. The van der Waals surface area contributed by atoms with Gasteiger partial charge in [0, 0.05) is 0 Å². The second kappa shape index (κ2) is 2.56. The van der Waals surface area contributed by atoms with Crippen LogP contribution in [0.25, 0.3) is 0 Å². The molecule has 1 aliphatic rings. The number of oxime groups is 1. The van der Waals surface area contributed by atoms with Gasteiger partial charge in [0.05, 0.1) is 13.2 Å². The van der Waals surface area contributed by atoms with E-state index in [9.17, 15) is 0 Å². The molecule has 0 atom stereocenters. The summed E-state index contributed by atoms with van der Waals surface area (Å²) >= 11 is 0. The van der Waals surface area contributed by atoms with Crippen molar-refractivity contribution in [3.8, 4) is 0 Å². The maximum atomic E-state index is 8.29. The van der Waals surface area contributed by atoms with Gasteiger partial charge in [-0.3, -0.25) is 0 Å². The summed E-state index contributed by atoms with van der Waals surface area (Å²) in [5.41, 5.74) is 0.527. The van der Waals surface area contributed by atoms with Crippen molar-refractivity contribution in [3.63, 3.8) is 0 Å². The van der Waals surface area contributed by atoms with Gasteiger partial charge in [0.25, 0.3) is 0 Å². The fraction of sp³-hybridized carbons (Fsp3) is 0.833. The zero-order valence-corrected chi connectivity index (χ0v) is 6.13. The Morgan fingerprint density at radius 2 is 1.90 bits per heavy atom. The summed E-state index contributed by atoms with van der Waals surface area (Å²) in [6.45, 7) is 4.34. The van der Waals surface area contributed by atoms with E-state index >= 15 is 0 Å². The number of ether oxygens (including phenoxy) is 2. The molecule has 0 aromatic carbocycles. The molecule has 0 bridgehead atoms. The summed E-state index contributed by atoms with van der Waals surface area (Å²) in [5.74, 6) is -0.534. The van der Waals surface area contributed by atoms with Crippen LogP contribution in [0.4, 0.5) is 0 Å². The van der Waals surface area contributed by atoms with Crippen LogP contribution >= 0.6 is 0 Å². The smallest absolute Gasteiger partial charge is 0.163 e. The van der Waals surface area contributed by atoms with Crippen LogP contribution in [0.15, 0.2) is 5.16 Å². The Morgan fingerprint density at radius 1 is 1.40 bits per heavy atom. The first kappa shape index (κ1) is 7.50. The standard InChI is InChI=1S/C6H11NO3/c1-6(2)9-3-5(7-8)4-10-6/h8H,3-4H2,1-2H3. The van der Waals surface area contributed by atoms with Crippen LogP contribution in [0, 0.1) is 0 Å². The molecule has 1 aliphatic heterocycles. The molecule has 0 unspecified atom stereocenters. The molecule has 1 saturated heterocycles. The van der Waals surface area contributed by atoms with Gasteiger partial charge in [0.15, 0.2) is 5.79 Å². The lowest BCUT2D eigenvalue weighted by Crippen LogP contribution is -2.39. The van der Waals surface area contributed by atoms with Crippen molar-refractivity contribution in [2.24, 2.45) is 5.16 Å². The van der Waals surface area contributed by atoms with E-state index in [0.717, 1.165) is 0 Å². The van der Waals surface area contributed by atoms with Gasteiger partial charge in [-0.15, -0.1) is 0 Å². The normalized spacial score (nSPS) is 24.4. The minimum Gasteiger partial charge on any atom is -0.411 e. The number of hydrogen-bond donors (Lipinski definition) is 1. The Balaban J connectivity index is 2.46. The first-order chi connectivity index (χ1) is 4.64. The molecule has 0 aliphatic carbocycles. The quantitative estimate of drug-likeness (QED) is 0.401. The third kappa shape index (κ3) is 1.68. The Hall–Kier alpha value is -0.610. The number of hydrogen-bond acceptors (Lipinski definition) is 4. The minimum absolute atomic E-state index is 0.351. The Kier molecular flexibility index (Phi) is 1.92. The molecule has 0 amide bonds. The van der Waals surface area contributed by atoms with E-state index in [1.807, 2.05) is 13.8 Å². The van der Waals surface area contributed by atoms with E-state index in [-0.39, 0.29) is 0 Å². The van der Waals surface area contributed by atoms with Gasteiger partial charge in [0.2, 0.25) is 0 Å². The van der Waals surface area contributed by atoms with Gasteiger partial charge in [0.1, 0.15) is 5.71 Å². The molecule has 1 heterocycles. The minimum atomic E-state index is -0.534. The summed E-state index contributed by atoms with van der Waals surface area (Å²) in [6, 6.07) is 0. The highest BCUT2D eigenvalue weighted by Crippen LogP contribution is 2.15. The van der Waals surface area contributed by atoms with Crippen molar-refractivity contribution in [2.75, 3.05) is 13.2 Å². The van der Waals surface area contributed by atoms with Crippen LogP contribution < -0.4 is 0 Å². The summed E-state index contributed by atoms with van der Waals surface area (Å²) in [5, 5.41) is 11.3. The lowest BCUT2D eigenvalue weighted by Gasteiger charge is -2.30. The predicted octanol–water partition coefficient (Wildman–Crippen LogP) is 0.599. The van der Waals surface area contributed by atoms with E-state index in [4.69, 9.17) is 14.7 Å². The van der Waals surface area contributed by atoms with Crippen molar-refractivity contribution in [2.45, 2.75) is 19.6 Å². The Morgan fingerprint density at radius 3 is 2.30 bits per heavy atom. The fourth-order valence-corrected chi connectivity index (χ4v) is 0.655. The monoisotopic (exact) mass is 145 g/mol. The van der Waals surface area contributed by atoms with Crippen LogP contribution in [0.2, 0.25) is 0 Å². The molecule has 1 fully saturated rings. The summed E-state index contributed by atoms with van der Waals surface area (Å²) < 4.78 is 10.3. The second-order valence-corrected chi connectivity index (χ2v) is 2.64. The largest absolute Gasteiger partial charge is 0.411 e. The molecule has 0 saturated carbocycles. The van der Waals surface area contributed by atoms with Gasteiger partial charge >= 0.3 is 0 Å². The second-order valence-electron chi connectivity index (χ2n) is 2.64. The van der Waals surface area contributed by atoms with Gasteiger partial charge < -0.3 is 14.7 Å². The van der Waals surface area contributed by atoms with Gasteiger partial charge in [-0.1, -0.05) is 5.16 Å². The van der Waals surface area contributed by atoms with E-state index in [2.05, 4.69) is 5.16 Å². The molecule has 0 aromatic rings. The summed E-state index contributed by atoms with van der Waals surface area (Å²) in [7, 11) is 0. The molecule has 58 valence electrons. The highest BCUT2D eigenvalue weighted by atomic mass is 16.7. The summed E-state index contributed by atoms with van der Waals surface area (Å²) in [4.78, 5) is 0. The van der Waals surface area contributed by atoms with Gasteiger partial charge in [-0.2, -0.15) is 0 Å². The van der Waals surface area contributed by atoms with Crippen LogP contribution in [0.1, 0.15) is 13.8 Å². The summed E-state index contributed by atoms with van der Waals surface area (Å²) in [6.07, 6.45) is 0. The van der Waals surface area contributed by atoms with Crippen molar-refractivity contribution in [1.82, 2.24) is 0 Å². The molecule has 4 heteroatoms. The highest BCUT2D eigenvalue weighted by molar-refractivity contribution is 5.86. The zero-order valence-electron chi connectivity index (χ0n) is 6.13. The molecule has 1 rings (SSSR count). The highest BCUT2D eigenvalue weighted by Gasteiger charge is 2.25. The topological polar surface area (TPSA) is 51.0 Å². The van der Waals surface area contributed by atoms with E-state index < -0.39 is 5.79 Å². The molecule has 0 aromatic heterocycles. The van der Waals surface area contributed by atoms with E-state index in [1.165, 1.54) is 0 Å². The molecular weight excluding hydrogens is 134 g/mol.